The molecular formula is C18H26N2. The third kappa shape index (κ3) is 4.95. The van der Waals surface area contributed by atoms with E-state index < -0.39 is 0 Å². The Morgan fingerprint density at radius 2 is 1.75 bits per heavy atom. The second-order valence-corrected chi connectivity index (χ2v) is 5.52. The minimum Gasteiger partial charge on any atom is -0.314 e. The SMILES string of the molecule is C=CCN(CC=C)Cc1ccccc1CCNC1CC1. The van der Waals surface area contributed by atoms with E-state index in [4.69, 9.17) is 0 Å². The number of nitrogens with zero attached hydrogens (tertiary/aromatic N) is 1. The van der Waals surface area contributed by atoms with E-state index in [1.165, 1.54) is 24.0 Å². The maximum Gasteiger partial charge on any atom is 0.0243 e. The quantitative estimate of drug-likeness (QED) is 0.657. The molecule has 0 atom stereocenters. The molecule has 0 bridgehead atoms. The lowest BCUT2D eigenvalue weighted by atomic mass is 10.0. The highest BCUT2D eigenvalue weighted by molar-refractivity contribution is 5.27. The highest BCUT2D eigenvalue weighted by atomic mass is 15.1. The fraction of sp³-hybridized carbons (Fsp3) is 0.444. The average molecular weight is 270 g/mol. The molecule has 1 aromatic carbocycles. The van der Waals surface area contributed by atoms with Crippen LogP contribution in [0.1, 0.15) is 24.0 Å². The van der Waals surface area contributed by atoms with Crippen LogP contribution >= 0.6 is 0 Å². The summed E-state index contributed by atoms with van der Waals surface area (Å²) in [6, 6.07) is 9.56. The van der Waals surface area contributed by atoms with Gasteiger partial charge >= 0.3 is 0 Å². The van der Waals surface area contributed by atoms with Crippen molar-refractivity contribution >= 4 is 0 Å². The zero-order valence-corrected chi connectivity index (χ0v) is 12.4. The molecule has 0 saturated heterocycles. The van der Waals surface area contributed by atoms with Gasteiger partial charge in [0.15, 0.2) is 0 Å². The van der Waals surface area contributed by atoms with Crippen LogP contribution in [-0.4, -0.2) is 30.6 Å². The standard InChI is InChI=1S/C18H26N2/c1-3-13-20(14-4-2)15-17-8-6-5-7-16(17)11-12-19-18-9-10-18/h3-8,18-19H,1-2,9-15H2. The minimum atomic E-state index is 0.792. The van der Waals surface area contributed by atoms with Gasteiger partial charge in [-0.15, -0.1) is 13.2 Å². The van der Waals surface area contributed by atoms with Crippen LogP contribution in [0.2, 0.25) is 0 Å². The van der Waals surface area contributed by atoms with E-state index in [1.807, 2.05) is 12.2 Å². The molecule has 0 aromatic heterocycles. The van der Waals surface area contributed by atoms with Crippen LogP contribution in [0.25, 0.3) is 0 Å². The van der Waals surface area contributed by atoms with Crippen LogP contribution < -0.4 is 5.32 Å². The average Bonchev–Trinajstić information content (AvgIpc) is 3.25. The van der Waals surface area contributed by atoms with E-state index in [1.54, 1.807) is 0 Å². The zero-order valence-electron chi connectivity index (χ0n) is 12.4. The van der Waals surface area contributed by atoms with Gasteiger partial charge < -0.3 is 5.32 Å². The first kappa shape index (κ1) is 15.0. The second kappa shape index (κ2) is 8.03. The lowest BCUT2D eigenvalue weighted by Gasteiger charge is -2.20. The van der Waals surface area contributed by atoms with Crippen LogP contribution in [0.5, 0.6) is 0 Å². The number of hydrogen-bond acceptors (Lipinski definition) is 2. The molecule has 1 N–H and O–H groups in total. The summed E-state index contributed by atoms with van der Waals surface area (Å²) in [7, 11) is 0. The maximum atomic E-state index is 3.84. The van der Waals surface area contributed by atoms with Gasteiger partial charge in [-0.05, 0) is 36.9 Å². The monoisotopic (exact) mass is 270 g/mol. The van der Waals surface area contributed by atoms with Crippen molar-refractivity contribution in [1.29, 1.82) is 0 Å². The highest BCUT2D eigenvalue weighted by Crippen LogP contribution is 2.19. The molecule has 2 rings (SSSR count). The van der Waals surface area contributed by atoms with E-state index >= 15 is 0 Å². The van der Waals surface area contributed by atoms with Crippen molar-refractivity contribution in [2.24, 2.45) is 0 Å². The van der Waals surface area contributed by atoms with E-state index in [-0.39, 0.29) is 0 Å². The van der Waals surface area contributed by atoms with Gasteiger partial charge in [0.05, 0.1) is 0 Å². The van der Waals surface area contributed by atoms with Crippen molar-refractivity contribution in [3.63, 3.8) is 0 Å². The predicted octanol–water partition coefficient (Wildman–Crippen LogP) is 3.16. The van der Waals surface area contributed by atoms with E-state index in [0.29, 0.717) is 0 Å². The van der Waals surface area contributed by atoms with Crippen LogP contribution in [0.15, 0.2) is 49.6 Å². The molecule has 0 amide bonds. The molecule has 1 aromatic rings. The number of nitrogens with one attached hydrogen (secondary N) is 1. The molecule has 20 heavy (non-hydrogen) atoms. The summed E-state index contributed by atoms with van der Waals surface area (Å²) < 4.78 is 0. The summed E-state index contributed by atoms with van der Waals surface area (Å²) in [6.45, 7) is 11.5. The van der Waals surface area contributed by atoms with Crippen molar-refractivity contribution in [2.45, 2.75) is 31.8 Å². The van der Waals surface area contributed by atoms with Crippen LogP contribution in [0, 0.1) is 0 Å². The Kier molecular flexibility index (Phi) is 6.03. The molecule has 0 unspecified atom stereocenters. The number of hydrogen-bond donors (Lipinski definition) is 1. The Morgan fingerprint density at radius 1 is 1.10 bits per heavy atom. The summed E-state index contributed by atoms with van der Waals surface area (Å²) in [5.74, 6) is 0. The molecule has 0 aliphatic heterocycles. The molecule has 0 heterocycles. The van der Waals surface area contributed by atoms with Crippen LogP contribution in [-0.2, 0) is 13.0 Å². The fourth-order valence-electron chi connectivity index (χ4n) is 2.46. The van der Waals surface area contributed by atoms with Crippen molar-refractivity contribution < 1.29 is 0 Å². The van der Waals surface area contributed by atoms with Crippen LogP contribution in [0.4, 0.5) is 0 Å². The van der Waals surface area contributed by atoms with Gasteiger partial charge in [-0.3, -0.25) is 4.90 Å². The Labute approximate surface area is 123 Å². The lowest BCUT2D eigenvalue weighted by molar-refractivity contribution is 0.326. The smallest absolute Gasteiger partial charge is 0.0243 e. The van der Waals surface area contributed by atoms with Gasteiger partial charge in [-0.1, -0.05) is 36.4 Å². The summed E-state index contributed by atoms with van der Waals surface area (Å²) in [5.41, 5.74) is 2.88. The van der Waals surface area contributed by atoms with Gasteiger partial charge in [-0.2, -0.15) is 0 Å². The molecule has 1 fully saturated rings. The Hall–Kier alpha value is -1.38. The Balaban J connectivity index is 1.93. The van der Waals surface area contributed by atoms with Gasteiger partial charge in [0, 0.05) is 25.7 Å². The molecule has 2 heteroatoms. The molecule has 108 valence electrons. The molecule has 2 nitrogen and oxygen atoms in total. The fourth-order valence-corrected chi connectivity index (χ4v) is 2.46. The van der Waals surface area contributed by atoms with Gasteiger partial charge in [-0.25, -0.2) is 0 Å². The van der Waals surface area contributed by atoms with Crippen molar-refractivity contribution in [2.75, 3.05) is 19.6 Å². The summed E-state index contributed by atoms with van der Waals surface area (Å²) >= 11 is 0. The first-order chi connectivity index (χ1) is 9.83. The van der Waals surface area contributed by atoms with Crippen molar-refractivity contribution in [3.05, 3.63) is 60.7 Å². The molecule has 0 spiro atoms. The zero-order chi connectivity index (χ0) is 14.2. The molecule has 0 radical (unpaired) electrons. The summed E-state index contributed by atoms with van der Waals surface area (Å²) in [5, 5.41) is 3.59. The minimum absolute atomic E-state index is 0.792. The third-order valence-corrected chi connectivity index (χ3v) is 3.69. The predicted molar refractivity (Wildman–Crippen MR) is 86.8 cm³/mol. The van der Waals surface area contributed by atoms with Gasteiger partial charge in [0.25, 0.3) is 0 Å². The molecule has 1 saturated carbocycles. The number of rotatable bonds is 10. The van der Waals surface area contributed by atoms with E-state index in [9.17, 15) is 0 Å². The summed E-state index contributed by atoms with van der Waals surface area (Å²) in [4.78, 5) is 2.35. The largest absolute Gasteiger partial charge is 0.314 e. The maximum absolute atomic E-state index is 3.84. The topological polar surface area (TPSA) is 15.3 Å². The molecule has 1 aliphatic rings. The number of benzene rings is 1. The molecular weight excluding hydrogens is 244 g/mol. The van der Waals surface area contributed by atoms with Crippen molar-refractivity contribution in [1.82, 2.24) is 10.2 Å². The highest BCUT2D eigenvalue weighted by Gasteiger charge is 2.19. The second-order valence-electron chi connectivity index (χ2n) is 5.52. The lowest BCUT2D eigenvalue weighted by Crippen LogP contribution is -2.25. The van der Waals surface area contributed by atoms with Gasteiger partial charge in [0.1, 0.15) is 0 Å². The summed E-state index contributed by atoms with van der Waals surface area (Å²) in [6.07, 6.45) is 7.74. The van der Waals surface area contributed by atoms with Gasteiger partial charge in [0.2, 0.25) is 0 Å². The Morgan fingerprint density at radius 3 is 2.35 bits per heavy atom. The van der Waals surface area contributed by atoms with Crippen molar-refractivity contribution in [3.8, 4) is 0 Å². The first-order valence-corrected chi connectivity index (χ1v) is 7.57. The van der Waals surface area contributed by atoms with E-state index in [2.05, 4.69) is 47.6 Å². The first-order valence-electron chi connectivity index (χ1n) is 7.57. The van der Waals surface area contributed by atoms with E-state index in [0.717, 1.165) is 38.6 Å². The third-order valence-electron chi connectivity index (χ3n) is 3.69. The van der Waals surface area contributed by atoms with Crippen LogP contribution in [0.3, 0.4) is 0 Å². The Bertz CT molecular complexity index is 425. The molecule has 1 aliphatic carbocycles. The normalized spacial score (nSPS) is 14.4.